The number of esters is 1. The van der Waals surface area contributed by atoms with Gasteiger partial charge in [0.2, 0.25) is 0 Å². The summed E-state index contributed by atoms with van der Waals surface area (Å²) in [4.78, 5) is 11.6. The Labute approximate surface area is 176 Å². The van der Waals surface area contributed by atoms with Crippen LogP contribution in [0, 0.1) is 0 Å². The van der Waals surface area contributed by atoms with Gasteiger partial charge in [-0.05, 0) is 42.1 Å². The monoisotopic (exact) mass is 410 g/mol. The van der Waals surface area contributed by atoms with Gasteiger partial charge in [0.05, 0.1) is 6.61 Å². The summed E-state index contributed by atoms with van der Waals surface area (Å²) in [6.45, 7) is 11.7. The minimum absolute atomic E-state index is 0.0223. The molecule has 0 atom stereocenters. The maximum atomic E-state index is 11.6. The molecule has 2 rings (SSSR count). The van der Waals surface area contributed by atoms with E-state index < -0.39 is 8.32 Å². The molecule has 0 radical (unpaired) electrons. The summed E-state index contributed by atoms with van der Waals surface area (Å²) in [6.07, 6.45) is 3.27. The second-order valence-corrected chi connectivity index (χ2v) is 12.7. The van der Waals surface area contributed by atoms with E-state index in [-0.39, 0.29) is 11.0 Å². The van der Waals surface area contributed by atoms with Crippen LogP contribution >= 0.6 is 0 Å². The fraction of sp³-hybridized carbons (Fsp3) is 0.400. The van der Waals surface area contributed by atoms with E-state index in [1.54, 1.807) is 6.08 Å². The lowest BCUT2D eigenvalue weighted by Crippen LogP contribution is -2.66. The first kappa shape index (κ1) is 23.1. The minimum atomic E-state index is -2.48. The van der Waals surface area contributed by atoms with Crippen molar-refractivity contribution >= 4 is 24.7 Å². The van der Waals surface area contributed by atoms with Crippen molar-refractivity contribution in [3.63, 3.8) is 0 Å². The van der Waals surface area contributed by atoms with Crippen molar-refractivity contribution in [2.45, 2.75) is 52.5 Å². The van der Waals surface area contributed by atoms with Gasteiger partial charge in [-0.1, -0.05) is 87.0 Å². The van der Waals surface area contributed by atoms with E-state index in [1.165, 1.54) is 10.4 Å². The summed E-state index contributed by atoms with van der Waals surface area (Å²) in [7, 11) is -2.48. The molecule has 0 amide bonds. The van der Waals surface area contributed by atoms with E-state index >= 15 is 0 Å². The first-order valence-electron chi connectivity index (χ1n) is 10.4. The molecule has 0 aromatic heterocycles. The molecule has 0 saturated heterocycles. The van der Waals surface area contributed by atoms with E-state index in [2.05, 4.69) is 81.4 Å². The standard InChI is InChI=1S/C25H34O3Si/c1-6-27-24(26)20-21(2)14-13-19-28-29(25(3,4)5,22-15-9-7-10-16-22)23-17-11-8-12-18-23/h7-12,15-18,20H,6,13-14,19H2,1-5H3/b21-20+. The molecule has 0 unspecified atom stereocenters. The lowest BCUT2D eigenvalue weighted by atomic mass is 10.1. The zero-order chi connectivity index (χ0) is 21.3. The van der Waals surface area contributed by atoms with Crippen LogP contribution in [0.3, 0.4) is 0 Å². The molecule has 0 N–H and O–H groups in total. The van der Waals surface area contributed by atoms with Gasteiger partial charge in [-0.15, -0.1) is 0 Å². The van der Waals surface area contributed by atoms with E-state index in [0.717, 1.165) is 18.4 Å². The Hall–Kier alpha value is -2.17. The van der Waals surface area contributed by atoms with Gasteiger partial charge in [-0.3, -0.25) is 0 Å². The molecule has 0 saturated carbocycles. The van der Waals surface area contributed by atoms with Crippen LogP contribution in [0.15, 0.2) is 72.3 Å². The van der Waals surface area contributed by atoms with Crippen LogP contribution in [0.25, 0.3) is 0 Å². The second kappa shape index (κ2) is 10.6. The SMILES string of the molecule is CCOC(=O)/C=C(\C)CCCO[Si](c1ccccc1)(c1ccccc1)C(C)(C)C. The number of ether oxygens (including phenoxy) is 1. The molecule has 156 valence electrons. The van der Waals surface area contributed by atoms with Crippen LogP contribution in [0.1, 0.15) is 47.5 Å². The lowest BCUT2D eigenvalue weighted by Gasteiger charge is -2.43. The Morgan fingerprint density at radius 1 is 0.966 bits per heavy atom. The molecular formula is C25H34O3Si. The highest BCUT2D eigenvalue weighted by molar-refractivity contribution is 6.99. The van der Waals surface area contributed by atoms with Crippen LogP contribution in [-0.2, 0) is 14.0 Å². The maximum absolute atomic E-state index is 11.6. The van der Waals surface area contributed by atoms with Crippen molar-refractivity contribution in [2.75, 3.05) is 13.2 Å². The number of rotatable bonds is 9. The highest BCUT2D eigenvalue weighted by Crippen LogP contribution is 2.36. The molecule has 0 spiro atoms. The van der Waals surface area contributed by atoms with Gasteiger partial charge in [0.1, 0.15) is 0 Å². The number of benzene rings is 2. The first-order valence-corrected chi connectivity index (χ1v) is 12.3. The molecule has 0 heterocycles. The number of hydrogen-bond acceptors (Lipinski definition) is 3. The zero-order valence-corrected chi connectivity index (χ0v) is 19.4. The van der Waals surface area contributed by atoms with Crippen LogP contribution < -0.4 is 10.4 Å². The van der Waals surface area contributed by atoms with Crippen molar-refractivity contribution in [3.8, 4) is 0 Å². The largest absolute Gasteiger partial charge is 0.463 e. The third kappa shape index (κ3) is 5.91. The van der Waals surface area contributed by atoms with Gasteiger partial charge in [0.25, 0.3) is 8.32 Å². The Morgan fingerprint density at radius 3 is 1.93 bits per heavy atom. The van der Waals surface area contributed by atoms with Gasteiger partial charge >= 0.3 is 5.97 Å². The molecule has 29 heavy (non-hydrogen) atoms. The number of carbonyl (C=O) groups is 1. The highest BCUT2D eigenvalue weighted by atomic mass is 28.4. The van der Waals surface area contributed by atoms with Crippen molar-refractivity contribution in [2.24, 2.45) is 0 Å². The summed E-state index contributed by atoms with van der Waals surface area (Å²) in [5.41, 5.74) is 1.02. The number of carbonyl (C=O) groups excluding carboxylic acids is 1. The normalized spacial score (nSPS) is 12.7. The summed E-state index contributed by atoms with van der Waals surface area (Å²) in [5.74, 6) is -0.266. The first-order chi connectivity index (χ1) is 13.8. The van der Waals surface area contributed by atoms with Gasteiger partial charge in [0, 0.05) is 12.7 Å². The predicted octanol–water partition coefficient (Wildman–Crippen LogP) is 4.85. The molecule has 2 aromatic carbocycles. The fourth-order valence-electron chi connectivity index (χ4n) is 3.80. The summed E-state index contributed by atoms with van der Waals surface area (Å²) < 4.78 is 11.9. The molecule has 0 bridgehead atoms. The minimum Gasteiger partial charge on any atom is -0.463 e. The molecule has 4 heteroatoms. The van der Waals surface area contributed by atoms with E-state index in [1.807, 2.05) is 13.8 Å². The molecule has 0 fully saturated rings. The molecule has 0 aliphatic carbocycles. The summed E-state index contributed by atoms with van der Waals surface area (Å²) in [6, 6.07) is 21.3. The number of hydrogen-bond donors (Lipinski definition) is 0. The molecule has 0 aliphatic rings. The third-order valence-corrected chi connectivity index (χ3v) is 10.1. The molecule has 3 nitrogen and oxygen atoms in total. The van der Waals surface area contributed by atoms with Crippen LogP contribution in [0.2, 0.25) is 5.04 Å². The molecule has 0 aliphatic heterocycles. The lowest BCUT2D eigenvalue weighted by molar-refractivity contribution is -0.137. The second-order valence-electron chi connectivity index (χ2n) is 8.36. The van der Waals surface area contributed by atoms with Gasteiger partial charge < -0.3 is 9.16 Å². The Morgan fingerprint density at radius 2 is 1.48 bits per heavy atom. The highest BCUT2D eigenvalue weighted by Gasteiger charge is 2.49. The number of allylic oxidation sites excluding steroid dienone is 1. The van der Waals surface area contributed by atoms with Gasteiger partial charge in [-0.25, -0.2) is 4.79 Å². The quantitative estimate of drug-likeness (QED) is 0.256. The van der Waals surface area contributed by atoms with E-state index in [0.29, 0.717) is 13.2 Å². The topological polar surface area (TPSA) is 35.5 Å². The van der Waals surface area contributed by atoms with Crippen molar-refractivity contribution < 1.29 is 14.0 Å². The zero-order valence-electron chi connectivity index (χ0n) is 18.4. The average molecular weight is 411 g/mol. The average Bonchev–Trinajstić information content (AvgIpc) is 2.68. The smallest absolute Gasteiger partial charge is 0.330 e. The van der Waals surface area contributed by atoms with Crippen LogP contribution in [0.5, 0.6) is 0 Å². The van der Waals surface area contributed by atoms with Crippen LogP contribution in [-0.4, -0.2) is 27.5 Å². The van der Waals surface area contributed by atoms with Gasteiger partial charge in [0.15, 0.2) is 0 Å². The van der Waals surface area contributed by atoms with Crippen molar-refractivity contribution in [3.05, 3.63) is 72.3 Å². The Kier molecular flexibility index (Phi) is 8.41. The summed E-state index contributed by atoms with van der Waals surface area (Å²) >= 11 is 0. The van der Waals surface area contributed by atoms with Gasteiger partial charge in [-0.2, -0.15) is 0 Å². The Balaban J connectivity index is 2.24. The van der Waals surface area contributed by atoms with Crippen LogP contribution in [0.4, 0.5) is 0 Å². The fourth-order valence-corrected chi connectivity index (χ4v) is 8.40. The third-order valence-electron chi connectivity index (χ3n) is 5.10. The molecular weight excluding hydrogens is 376 g/mol. The van der Waals surface area contributed by atoms with Crippen molar-refractivity contribution in [1.29, 1.82) is 0 Å². The predicted molar refractivity (Wildman–Crippen MR) is 123 cm³/mol. The molecule has 2 aromatic rings. The Bertz CT molecular complexity index is 752. The summed E-state index contributed by atoms with van der Waals surface area (Å²) in [5, 5.41) is 2.56. The van der Waals surface area contributed by atoms with E-state index in [4.69, 9.17) is 9.16 Å². The maximum Gasteiger partial charge on any atom is 0.330 e. The van der Waals surface area contributed by atoms with E-state index in [9.17, 15) is 4.79 Å². The van der Waals surface area contributed by atoms with Crippen molar-refractivity contribution in [1.82, 2.24) is 0 Å².